The first kappa shape index (κ1) is 19.2. The van der Waals surface area contributed by atoms with Crippen molar-refractivity contribution in [2.45, 2.75) is 6.92 Å². The third-order valence-corrected chi connectivity index (χ3v) is 5.26. The molecule has 0 spiro atoms. The van der Waals surface area contributed by atoms with E-state index in [0.717, 1.165) is 32.7 Å². The maximum atomic E-state index is 13.3. The molecule has 0 fully saturated rings. The molecule has 29 heavy (non-hydrogen) atoms. The van der Waals surface area contributed by atoms with E-state index in [-0.39, 0.29) is 5.91 Å². The summed E-state index contributed by atoms with van der Waals surface area (Å²) in [6, 6.07) is 25.5. The number of ether oxygens (including phenoxy) is 1. The van der Waals surface area contributed by atoms with Crippen LogP contribution in [0.15, 0.2) is 95.0 Å². The molecule has 144 valence electrons. The van der Waals surface area contributed by atoms with Crippen LogP contribution in [0.3, 0.4) is 0 Å². The van der Waals surface area contributed by atoms with Gasteiger partial charge in [0, 0.05) is 11.3 Å². The summed E-state index contributed by atoms with van der Waals surface area (Å²) in [7, 11) is 0. The van der Waals surface area contributed by atoms with Gasteiger partial charge in [-0.15, -0.1) is 0 Å². The van der Waals surface area contributed by atoms with E-state index in [9.17, 15) is 4.79 Å². The van der Waals surface area contributed by atoms with E-state index in [0.29, 0.717) is 12.2 Å². The zero-order valence-corrected chi connectivity index (χ0v) is 17.6. The van der Waals surface area contributed by atoms with Crippen LogP contribution >= 0.6 is 15.9 Å². The summed E-state index contributed by atoms with van der Waals surface area (Å²) in [4.78, 5) is 15.1. The van der Waals surface area contributed by atoms with Gasteiger partial charge in [-0.2, -0.15) is 0 Å². The molecule has 1 amide bonds. The van der Waals surface area contributed by atoms with Gasteiger partial charge in [-0.1, -0.05) is 54.6 Å². The Bertz CT molecular complexity index is 1090. The topological polar surface area (TPSA) is 29.5 Å². The maximum Gasteiger partial charge on any atom is 0.262 e. The molecule has 0 saturated heterocycles. The molecule has 0 bridgehead atoms. The van der Waals surface area contributed by atoms with Crippen molar-refractivity contribution >= 4 is 39.3 Å². The Balaban J connectivity index is 1.76. The highest BCUT2D eigenvalue weighted by Crippen LogP contribution is 2.35. The molecule has 0 aliphatic carbocycles. The van der Waals surface area contributed by atoms with E-state index in [1.807, 2.05) is 97.9 Å². The lowest BCUT2D eigenvalue weighted by Crippen LogP contribution is -2.24. The van der Waals surface area contributed by atoms with Crippen molar-refractivity contribution in [2.24, 2.45) is 0 Å². The van der Waals surface area contributed by atoms with Gasteiger partial charge >= 0.3 is 0 Å². The maximum absolute atomic E-state index is 13.3. The largest absolute Gasteiger partial charge is 0.493 e. The van der Waals surface area contributed by atoms with E-state index in [1.165, 1.54) is 0 Å². The fourth-order valence-corrected chi connectivity index (χ4v) is 3.84. The molecule has 0 unspecified atom stereocenters. The monoisotopic (exact) mass is 445 g/mol. The summed E-state index contributed by atoms with van der Waals surface area (Å²) in [5.74, 6) is 0.749. The number of amides is 1. The van der Waals surface area contributed by atoms with E-state index < -0.39 is 0 Å². The normalized spacial score (nSPS) is 15.0. The second-order valence-electron chi connectivity index (χ2n) is 6.59. The van der Waals surface area contributed by atoms with Crippen molar-refractivity contribution in [1.29, 1.82) is 0 Å². The van der Waals surface area contributed by atoms with Gasteiger partial charge in [-0.05, 0) is 70.4 Å². The fraction of sp³-hybridized carbons (Fsp3) is 0.0800. The van der Waals surface area contributed by atoms with Gasteiger partial charge in [0.2, 0.25) is 0 Å². The number of anilines is 1. The highest BCUT2D eigenvalue weighted by atomic mass is 79.9. The van der Waals surface area contributed by atoms with Crippen LogP contribution in [0.1, 0.15) is 18.1 Å². The fourth-order valence-electron chi connectivity index (χ4n) is 3.33. The first-order valence-electron chi connectivity index (χ1n) is 9.48. The molecule has 0 saturated carbocycles. The second-order valence-corrected chi connectivity index (χ2v) is 7.45. The summed E-state index contributed by atoms with van der Waals surface area (Å²) < 4.78 is 6.44. The van der Waals surface area contributed by atoms with Gasteiger partial charge in [0.1, 0.15) is 5.75 Å². The Labute approximate surface area is 179 Å². The smallest absolute Gasteiger partial charge is 0.262 e. The molecule has 1 heterocycles. The number of hydrogen-bond donors (Lipinski definition) is 0. The van der Waals surface area contributed by atoms with Crippen LogP contribution in [-0.2, 0) is 4.79 Å². The Kier molecular flexibility index (Phi) is 5.63. The van der Waals surface area contributed by atoms with Crippen molar-refractivity contribution in [3.63, 3.8) is 0 Å². The van der Waals surface area contributed by atoms with E-state index in [4.69, 9.17) is 4.74 Å². The summed E-state index contributed by atoms with van der Waals surface area (Å²) in [5.41, 5.74) is 4.30. The number of carbonyl (C=O) groups excluding carboxylic acids is 1. The van der Waals surface area contributed by atoms with Gasteiger partial charge in [0.15, 0.2) is 0 Å². The number of nitrogens with zero attached hydrogens (tertiary/aromatic N) is 1. The van der Waals surface area contributed by atoms with E-state index >= 15 is 0 Å². The van der Waals surface area contributed by atoms with Crippen molar-refractivity contribution in [3.8, 4) is 5.75 Å². The molecular weight excluding hydrogens is 426 g/mol. The first-order chi connectivity index (χ1) is 14.2. The summed E-state index contributed by atoms with van der Waals surface area (Å²) in [6.07, 6.45) is 3.86. The molecule has 3 aromatic rings. The van der Waals surface area contributed by atoms with Crippen LogP contribution in [0.25, 0.3) is 11.8 Å². The van der Waals surface area contributed by atoms with Crippen LogP contribution in [-0.4, -0.2) is 12.5 Å². The predicted octanol–water partition coefficient (Wildman–Crippen LogP) is 6.32. The van der Waals surface area contributed by atoms with Gasteiger partial charge < -0.3 is 4.74 Å². The molecule has 1 aliphatic rings. The molecule has 0 aromatic heterocycles. The Morgan fingerprint density at radius 1 is 0.966 bits per heavy atom. The number of para-hydroxylation sites is 1. The number of benzene rings is 3. The van der Waals surface area contributed by atoms with Gasteiger partial charge in [-0.3, -0.25) is 9.69 Å². The summed E-state index contributed by atoms with van der Waals surface area (Å²) in [5, 5.41) is 0. The Hall–Kier alpha value is -3.11. The second kappa shape index (κ2) is 8.50. The highest BCUT2D eigenvalue weighted by molar-refractivity contribution is 9.10. The molecule has 0 atom stereocenters. The van der Waals surface area contributed by atoms with Gasteiger partial charge in [0.05, 0.1) is 16.8 Å². The SMILES string of the molecule is CCOc1ccc(/C=C2\C=C(c3ccccc3)N(c3ccccc3)C2=O)cc1Br. The standard InChI is InChI=1S/C25H20BrNO2/c1-2-29-24-14-13-18(16-22(24)26)15-20-17-23(19-9-5-3-6-10-19)27(25(20)28)21-11-7-4-8-12-21/h3-17H,2H2,1H3/b20-15+. The number of rotatable bonds is 5. The quantitative estimate of drug-likeness (QED) is 0.430. The minimum atomic E-state index is -0.0416. The molecule has 4 rings (SSSR count). The van der Waals surface area contributed by atoms with Crippen molar-refractivity contribution in [3.05, 3.63) is 106 Å². The van der Waals surface area contributed by atoms with Gasteiger partial charge in [0.25, 0.3) is 5.91 Å². The van der Waals surface area contributed by atoms with Crippen LogP contribution in [0, 0.1) is 0 Å². The molecular formula is C25H20BrNO2. The minimum absolute atomic E-state index is 0.0416. The Morgan fingerprint density at radius 3 is 2.31 bits per heavy atom. The lowest BCUT2D eigenvalue weighted by Gasteiger charge is -2.20. The lowest BCUT2D eigenvalue weighted by molar-refractivity contribution is -0.113. The number of halogens is 1. The highest BCUT2D eigenvalue weighted by Gasteiger charge is 2.30. The van der Waals surface area contributed by atoms with Crippen molar-refractivity contribution in [2.75, 3.05) is 11.5 Å². The van der Waals surface area contributed by atoms with Crippen LogP contribution in [0.2, 0.25) is 0 Å². The molecule has 4 heteroatoms. The average molecular weight is 446 g/mol. The predicted molar refractivity (Wildman–Crippen MR) is 122 cm³/mol. The van der Waals surface area contributed by atoms with E-state index in [1.54, 1.807) is 4.90 Å². The zero-order chi connectivity index (χ0) is 20.2. The molecule has 0 radical (unpaired) electrons. The molecule has 3 aromatic carbocycles. The zero-order valence-electron chi connectivity index (χ0n) is 16.0. The minimum Gasteiger partial charge on any atom is -0.493 e. The van der Waals surface area contributed by atoms with E-state index in [2.05, 4.69) is 15.9 Å². The molecule has 3 nitrogen and oxygen atoms in total. The first-order valence-corrected chi connectivity index (χ1v) is 10.3. The van der Waals surface area contributed by atoms with Crippen LogP contribution < -0.4 is 9.64 Å². The van der Waals surface area contributed by atoms with Gasteiger partial charge in [-0.25, -0.2) is 0 Å². The molecule has 0 N–H and O–H groups in total. The number of hydrogen-bond acceptors (Lipinski definition) is 2. The Morgan fingerprint density at radius 2 is 1.66 bits per heavy atom. The van der Waals surface area contributed by atoms with Crippen LogP contribution in [0.5, 0.6) is 5.75 Å². The summed E-state index contributed by atoms with van der Waals surface area (Å²) in [6.45, 7) is 2.56. The van der Waals surface area contributed by atoms with Crippen LogP contribution in [0.4, 0.5) is 5.69 Å². The number of carbonyl (C=O) groups is 1. The molecule has 1 aliphatic heterocycles. The summed E-state index contributed by atoms with van der Waals surface area (Å²) >= 11 is 3.54. The lowest BCUT2D eigenvalue weighted by atomic mass is 10.1. The van der Waals surface area contributed by atoms with Crippen molar-refractivity contribution < 1.29 is 9.53 Å². The third kappa shape index (κ3) is 4.03. The van der Waals surface area contributed by atoms with Crippen molar-refractivity contribution in [1.82, 2.24) is 0 Å². The third-order valence-electron chi connectivity index (χ3n) is 4.65. The average Bonchev–Trinajstić information content (AvgIpc) is 3.07.